The molecule has 0 N–H and O–H groups in total. The van der Waals surface area contributed by atoms with Gasteiger partial charge in [0.2, 0.25) is 5.91 Å². The number of fused-ring (bicyclic) bond motifs is 2. The molecule has 2 atom stereocenters. The maximum Gasteiger partial charge on any atom is 0.223 e. The second-order valence-corrected chi connectivity index (χ2v) is 9.08. The Kier molecular flexibility index (Phi) is 4.81. The average Bonchev–Trinajstić information content (AvgIpc) is 2.99. The largest absolute Gasteiger partial charge is 0.486 e. The molecule has 0 aromatic heterocycles. The number of carbonyl (C=O) groups excluding carboxylic acids is 2. The Morgan fingerprint density at radius 3 is 2.63 bits per heavy atom. The zero-order valence-electron chi connectivity index (χ0n) is 14.8. The summed E-state index contributed by atoms with van der Waals surface area (Å²) in [6, 6.07) is 4.55. The number of rotatable bonds is 4. The lowest BCUT2D eigenvalue weighted by Gasteiger charge is -2.36. The highest BCUT2D eigenvalue weighted by Crippen LogP contribution is 2.31. The Morgan fingerprint density at radius 1 is 1.04 bits per heavy atom. The zero-order chi connectivity index (χ0) is 19.0. The number of ketones is 1. The second-order valence-electron chi connectivity index (χ2n) is 6.92. The van der Waals surface area contributed by atoms with Gasteiger partial charge in [0, 0.05) is 24.9 Å². The summed E-state index contributed by atoms with van der Waals surface area (Å²) >= 11 is 0. The number of benzene rings is 1. The molecule has 3 heterocycles. The van der Waals surface area contributed by atoms with Crippen molar-refractivity contribution in [2.45, 2.75) is 25.0 Å². The van der Waals surface area contributed by atoms with Crippen molar-refractivity contribution in [3.63, 3.8) is 0 Å². The molecule has 4 rings (SSSR count). The van der Waals surface area contributed by atoms with Crippen LogP contribution in [0.1, 0.15) is 23.2 Å². The van der Waals surface area contributed by atoms with E-state index in [2.05, 4.69) is 0 Å². The van der Waals surface area contributed by atoms with Gasteiger partial charge in [0.25, 0.3) is 0 Å². The number of ether oxygens (including phenoxy) is 3. The summed E-state index contributed by atoms with van der Waals surface area (Å²) < 4.78 is 40.1. The van der Waals surface area contributed by atoms with Crippen molar-refractivity contribution < 1.29 is 32.2 Å². The van der Waals surface area contributed by atoms with Crippen LogP contribution in [-0.4, -0.2) is 75.0 Å². The summed E-state index contributed by atoms with van der Waals surface area (Å²) in [5, 5.41) is 0. The van der Waals surface area contributed by atoms with Gasteiger partial charge in [-0.05, 0) is 18.2 Å². The summed E-state index contributed by atoms with van der Waals surface area (Å²) in [5.74, 6) is 0.652. The number of hydrogen-bond acceptors (Lipinski definition) is 7. The van der Waals surface area contributed by atoms with Gasteiger partial charge in [0.15, 0.2) is 27.1 Å². The molecule has 0 radical (unpaired) electrons. The van der Waals surface area contributed by atoms with Gasteiger partial charge in [0.1, 0.15) is 13.2 Å². The van der Waals surface area contributed by atoms with E-state index in [1.165, 1.54) is 0 Å². The third-order valence-corrected chi connectivity index (χ3v) is 6.77. The summed E-state index contributed by atoms with van der Waals surface area (Å²) in [4.78, 5) is 26.6. The van der Waals surface area contributed by atoms with Crippen LogP contribution in [0.15, 0.2) is 18.2 Å². The van der Waals surface area contributed by atoms with Gasteiger partial charge >= 0.3 is 0 Å². The van der Waals surface area contributed by atoms with Crippen molar-refractivity contribution in [2.24, 2.45) is 0 Å². The van der Waals surface area contributed by atoms with Gasteiger partial charge in [-0.25, -0.2) is 8.42 Å². The van der Waals surface area contributed by atoms with Crippen LogP contribution in [-0.2, 0) is 19.4 Å². The molecule has 146 valence electrons. The van der Waals surface area contributed by atoms with Crippen LogP contribution >= 0.6 is 0 Å². The van der Waals surface area contributed by atoms with Gasteiger partial charge in [-0.15, -0.1) is 0 Å². The fraction of sp³-hybridized carbons (Fsp3) is 0.556. The van der Waals surface area contributed by atoms with Crippen LogP contribution in [0.2, 0.25) is 0 Å². The summed E-state index contributed by atoms with van der Waals surface area (Å²) in [5.41, 5.74) is 0.468. The maximum atomic E-state index is 12.6. The molecule has 8 nitrogen and oxygen atoms in total. The molecule has 9 heteroatoms. The quantitative estimate of drug-likeness (QED) is 0.682. The standard InChI is InChI=1S/C18H21NO7S/c20-14(12-1-3-15-16(9-12)26-8-7-25-15)2-4-18(21)19-5-6-24-17-11-27(22,23)10-13(17)19/h1,3,9,13,17H,2,4-8,10-11H2. The highest BCUT2D eigenvalue weighted by molar-refractivity contribution is 7.91. The van der Waals surface area contributed by atoms with Crippen molar-refractivity contribution in [3.8, 4) is 11.5 Å². The monoisotopic (exact) mass is 395 g/mol. The molecule has 3 aliphatic heterocycles. The number of amides is 1. The van der Waals surface area contributed by atoms with Crippen LogP contribution in [0, 0.1) is 0 Å². The second kappa shape index (κ2) is 7.12. The first-order chi connectivity index (χ1) is 12.9. The van der Waals surface area contributed by atoms with Crippen molar-refractivity contribution in [3.05, 3.63) is 23.8 Å². The molecule has 1 amide bonds. The molecular formula is C18H21NO7S. The number of sulfone groups is 1. The molecule has 0 spiro atoms. The third-order valence-electron chi connectivity index (χ3n) is 5.09. The van der Waals surface area contributed by atoms with Crippen LogP contribution in [0.5, 0.6) is 11.5 Å². The Morgan fingerprint density at radius 2 is 1.81 bits per heavy atom. The molecule has 2 unspecified atom stereocenters. The van der Waals surface area contributed by atoms with E-state index in [1.54, 1.807) is 23.1 Å². The lowest BCUT2D eigenvalue weighted by Crippen LogP contribution is -2.53. The van der Waals surface area contributed by atoms with Crippen LogP contribution in [0.25, 0.3) is 0 Å². The molecule has 0 saturated carbocycles. The Hall–Kier alpha value is -2.13. The van der Waals surface area contributed by atoms with Crippen molar-refractivity contribution in [1.29, 1.82) is 0 Å². The van der Waals surface area contributed by atoms with E-state index < -0.39 is 22.0 Å². The van der Waals surface area contributed by atoms with Crippen LogP contribution in [0.4, 0.5) is 0 Å². The van der Waals surface area contributed by atoms with E-state index in [4.69, 9.17) is 14.2 Å². The fourth-order valence-corrected chi connectivity index (χ4v) is 5.62. The third kappa shape index (κ3) is 3.79. The van der Waals surface area contributed by atoms with E-state index in [9.17, 15) is 18.0 Å². The number of hydrogen-bond donors (Lipinski definition) is 0. The highest BCUT2D eigenvalue weighted by atomic mass is 32.2. The lowest BCUT2D eigenvalue weighted by molar-refractivity contribution is -0.142. The van der Waals surface area contributed by atoms with Gasteiger partial charge in [-0.2, -0.15) is 0 Å². The molecule has 0 bridgehead atoms. The number of Topliss-reactive ketones (excluding diaryl/α,β-unsaturated/α-hetero) is 1. The SMILES string of the molecule is O=C(CCC(=O)N1CCOC2CS(=O)(=O)CC21)c1ccc2c(c1)OCCO2. The lowest BCUT2D eigenvalue weighted by atomic mass is 10.0. The van der Waals surface area contributed by atoms with Gasteiger partial charge in [-0.1, -0.05) is 0 Å². The predicted octanol–water partition coefficient (Wildman–Crippen LogP) is 0.445. The summed E-state index contributed by atoms with van der Waals surface area (Å²) in [7, 11) is -3.19. The van der Waals surface area contributed by atoms with E-state index in [-0.39, 0.29) is 36.0 Å². The number of nitrogens with zero attached hydrogens (tertiary/aromatic N) is 1. The molecule has 0 aliphatic carbocycles. The Balaban J connectivity index is 1.38. The van der Waals surface area contributed by atoms with Gasteiger partial charge in [-0.3, -0.25) is 9.59 Å². The molecule has 1 aromatic rings. The van der Waals surface area contributed by atoms with Crippen molar-refractivity contribution in [1.82, 2.24) is 4.90 Å². The summed E-state index contributed by atoms with van der Waals surface area (Å²) in [6.45, 7) is 1.59. The fourth-order valence-electron chi connectivity index (χ4n) is 3.75. The molecule has 3 aliphatic rings. The van der Waals surface area contributed by atoms with E-state index in [0.29, 0.717) is 43.4 Å². The average molecular weight is 395 g/mol. The smallest absolute Gasteiger partial charge is 0.223 e. The first-order valence-corrected chi connectivity index (χ1v) is 10.8. The highest BCUT2D eigenvalue weighted by Gasteiger charge is 2.45. The minimum Gasteiger partial charge on any atom is -0.486 e. The van der Waals surface area contributed by atoms with E-state index in [1.807, 2.05) is 0 Å². The van der Waals surface area contributed by atoms with E-state index in [0.717, 1.165) is 0 Å². The number of carbonyl (C=O) groups is 2. The van der Waals surface area contributed by atoms with Crippen LogP contribution in [0.3, 0.4) is 0 Å². The topological polar surface area (TPSA) is 99.2 Å². The number of morpholine rings is 1. The first kappa shape index (κ1) is 18.2. The van der Waals surface area contributed by atoms with Crippen LogP contribution < -0.4 is 9.47 Å². The van der Waals surface area contributed by atoms with E-state index >= 15 is 0 Å². The van der Waals surface area contributed by atoms with Crippen molar-refractivity contribution >= 4 is 21.5 Å². The van der Waals surface area contributed by atoms with Crippen molar-refractivity contribution in [2.75, 3.05) is 37.9 Å². The maximum absolute atomic E-state index is 12.6. The summed E-state index contributed by atoms with van der Waals surface area (Å²) in [6.07, 6.45) is -0.363. The minimum absolute atomic E-state index is 0.0382. The Labute approximate surface area is 157 Å². The molecule has 2 fully saturated rings. The first-order valence-electron chi connectivity index (χ1n) is 8.97. The Bertz CT molecular complexity index is 866. The zero-order valence-corrected chi connectivity index (χ0v) is 15.6. The molecule has 1 aromatic carbocycles. The van der Waals surface area contributed by atoms with Gasteiger partial charge < -0.3 is 19.1 Å². The minimum atomic E-state index is -3.19. The molecular weight excluding hydrogens is 374 g/mol. The normalized spacial score (nSPS) is 25.7. The molecule has 2 saturated heterocycles. The molecule has 27 heavy (non-hydrogen) atoms. The predicted molar refractivity (Wildman–Crippen MR) is 94.9 cm³/mol. The van der Waals surface area contributed by atoms with Gasteiger partial charge in [0.05, 0.1) is 30.3 Å².